The van der Waals surface area contributed by atoms with Crippen LogP contribution in [0.15, 0.2) is 53.4 Å². The van der Waals surface area contributed by atoms with Crippen LogP contribution in [0, 0.1) is 5.41 Å². The normalized spacial score (nSPS) is 12.7. The molecule has 0 bridgehead atoms. The molecule has 9 heteroatoms. The lowest BCUT2D eigenvalue weighted by atomic mass is 9.95. The first-order valence-corrected chi connectivity index (χ1v) is 9.53. The number of rotatable bonds is 6. The molecule has 2 aromatic rings. The fourth-order valence-electron chi connectivity index (χ4n) is 2.39. The summed E-state index contributed by atoms with van der Waals surface area (Å²) in [5.74, 6) is -0.406. The third-order valence-electron chi connectivity index (χ3n) is 4.11. The standard InChI is InChI=1S/C20H19F6NOS/c1-18(2,17(28)27-11-13-6-4-3-5-7-13)12-29-16-9-8-14(19(21,22)23)10-15(16)20(24,25)26/h3-10H,11-12H2,1-2H3,(H,27,28). The maximum absolute atomic E-state index is 13.2. The van der Waals surface area contributed by atoms with Gasteiger partial charge in [-0.15, -0.1) is 11.8 Å². The van der Waals surface area contributed by atoms with Gasteiger partial charge in [-0.25, -0.2) is 0 Å². The van der Waals surface area contributed by atoms with Crippen molar-refractivity contribution in [2.75, 3.05) is 5.75 Å². The highest BCUT2D eigenvalue weighted by atomic mass is 32.2. The molecule has 158 valence electrons. The largest absolute Gasteiger partial charge is 0.417 e. The molecule has 0 aliphatic carbocycles. The second-order valence-corrected chi connectivity index (χ2v) is 8.06. The van der Waals surface area contributed by atoms with E-state index in [-0.39, 0.29) is 29.2 Å². The van der Waals surface area contributed by atoms with Gasteiger partial charge in [0.1, 0.15) is 0 Å². The minimum atomic E-state index is -4.94. The maximum atomic E-state index is 13.2. The van der Waals surface area contributed by atoms with E-state index in [2.05, 4.69) is 5.32 Å². The first kappa shape index (κ1) is 23.1. The van der Waals surface area contributed by atoms with E-state index in [1.807, 2.05) is 30.3 Å². The van der Waals surface area contributed by atoms with Crippen molar-refractivity contribution < 1.29 is 31.1 Å². The van der Waals surface area contributed by atoms with Crippen molar-refractivity contribution >= 4 is 17.7 Å². The number of hydrogen-bond acceptors (Lipinski definition) is 2. The van der Waals surface area contributed by atoms with Crippen molar-refractivity contribution in [3.63, 3.8) is 0 Å². The van der Waals surface area contributed by atoms with Crippen LogP contribution in [0.3, 0.4) is 0 Å². The van der Waals surface area contributed by atoms with Crippen LogP contribution in [0.2, 0.25) is 0 Å². The summed E-state index contributed by atoms with van der Waals surface area (Å²) < 4.78 is 78.0. The zero-order chi connectivity index (χ0) is 21.9. The Kier molecular flexibility index (Phi) is 6.93. The van der Waals surface area contributed by atoms with Gasteiger partial charge in [-0.1, -0.05) is 44.2 Å². The second kappa shape index (κ2) is 8.69. The monoisotopic (exact) mass is 435 g/mol. The van der Waals surface area contributed by atoms with Gasteiger partial charge in [0.05, 0.1) is 16.5 Å². The molecule has 0 saturated carbocycles. The van der Waals surface area contributed by atoms with E-state index >= 15 is 0 Å². The van der Waals surface area contributed by atoms with Gasteiger partial charge in [0.15, 0.2) is 0 Å². The topological polar surface area (TPSA) is 29.1 Å². The lowest BCUT2D eigenvalue weighted by Crippen LogP contribution is -2.38. The Morgan fingerprint density at radius 3 is 2.10 bits per heavy atom. The molecular formula is C20H19F6NOS. The first-order chi connectivity index (χ1) is 13.3. The number of carbonyl (C=O) groups excluding carboxylic acids is 1. The van der Waals surface area contributed by atoms with E-state index in [9.17, 15) is 31.1 Å². The molecule has 2 nitrogen and oxygen atoms in total. The zero-order valence-electron chi connectivity index (χ0n) is 15.6. The van der Waals surface area contributed by atoms with Crippen LogP contribution in [-0.2, 0) is 23.7 Å². The number of carbonyl (C=O) groups is 1. The summed E-state index contributed by atoms with van der Waals surface area (Å²) >= 11 is 0.702. The summed E-state index contributed by atoms with van der Waals surface area (Å²) in [4.78, 5) is 12.1. The van der Waals surface area contributed by atoms with Crippen LogP contribution in [0.25, 0.3) is 0 Å². The molecule has 0 unspecified atom stereocenters. The quantitative estimate of drug-likeness (QED) is 0.435. The molecule has 2 rings (SSSR count). The minimum Gasteiger partial charge on any atom is -0.352 e. The van der Waals surface area contributed by atoms with Crippen LogP contribution in [-0.4, -0.2) is 11.7 Å². The summed E-state index contributed by atoms with van der Waals surface area (Å²) in [6.07, 6.45) is -9.82. The number of hydrogen-bond donors (Lipinski definition) is 1. The molecule has 0 fully saturated rings. The van der Waals surface area contributed by atoms with Crippen molar-refractivity contribution in [2.24, 2.45) is 5.41 Å². The summed E-state index contributed by atoms with van der Waals surface area (Å²) in [5, 5.41) is 2.73. The molecule has 1 N–H and O–H groups in total. The van der Waals surface area contributed by atoms with Crippen LogP contribution in [0.1, 0.15) is 30.5 Å². The van der Waals surface area contributed by atoms with Gasteiger partial charge >= 0.3 is 12.4 Å². The lowest BCUT2D eigenvalue weighted by Gasteiger charge is -2.24. The molecule has 0 atom stereocenters. The number of halogens is 6. The molecule has 0 radical (unpaired) electrons. The SMILES string of the molecule is CC(C)(CSc1ccc(C(F)(F)F)cc1C(F)(F)F)C(=O)NCc1ccccc1. The average molecular weight is 435 g/mol. The second-order valence-electron chi connectivity index (χ2n) is 7.05. The van der Waals surface area contributed by atoms with Gasteiger partial charge in [0, 0.05) is 17.2 Å². The van der Waals surface area contributed by atoms with Crippen molar-refractivity contribution in [2.45, 2.75) is 37.6 Å². The Labute approximate surface area is 168 Å². The Hall–Kier alpha value is -2.16. The van der Waals surface area contributed by atoms with Gasteiger partial charge < -0.3 is 5.32 Å². The Morgan fingerprint density at radius 1 is 0.931 bits per heavy atom. The molecule has 0 aliphatic rings. The van der Waals surface area contributed by atoms with Crippen molar-refractivity contribution in [1.82, 2.24) is 5.32 Å². The zero-order valence-corrected chi connectivity index (χ0v) is 16.4. The third-order valence-corrected chi connectivity index (χ3v) is 5.64. The van der Waals surface area contributed by atoms with Gasteiger partial charge in [-0.3, -0.25) is 4.79 Å². The molecule has 0 aromatic heterocycles. The molecular weight excluding hydrogens is 416 g/mol. The van der Waals surface area contributed by atoms with E-state index in [0.29, 0.717) is 17.8 Å². The fraction of sp³-hybridized carbons (Fsp3) is 0.350. The molecule has 0 spiro atoms. The highest BCUT2D eigenvalue weighted by Crippen LogP contribution is 2.41. The van der Waals surface area contributed by atoms with Crippen LogP contribution < -0.4 is 5.32 Å². The van der Waals surface area contributed by atoms with E-state index in [0.717, 1.165) is 11.6 Å². The number of alkyl halides is 6. The molecule has 29 heavy (non-hydrogen) atoms. The number of nitrogens with one attached hydrogen (secondary N) is 1. The molecule has 0 aliphatic heterocycles. The summed E-state index contributed by atoms with van der Waals surface area (Å²) in [5.41, 5.74) is -2.90. The summed E-state index contributed by atoms with van der Waals surface area (Å²) in [6.45, 7) is 3.40. The first-order valence-electron chi connectivity index (χ1n) is 8.54. The van der Waals surface area contributed by atoms with Crippen LogP contribution in [0.4, 0.5) is 26.3 Å². The van der Waals surface area contributed by atoms with Crippen LogP contribution >= 0.6 is 11.8 Å². The predicted octanol–water partition coefficient (Wildman–Crippen LogP) is 6.16. The number of amides is 1. The fourth-order valence-corrected chi connectivity index (χ4v) is 3.54. The van der Waals surface area contributed by atoms with E-state index < -0.39 is 28.9 Å². The van der Waals surface area contributed by atoms with Gasteiger partial charge in [0.2, 0.25) is 5.91 Å². The van der Waals surface area contributed by atoms with Gasteiger partial charge in [0.25, 0.3) is 0 Å². The van der Waals surface area contributed by atoms with E-state index in [1.54, 1.807) is 13.8 Å². The van der Waals surface area contributed by atoms with Crippen molar-refractivity contribution in [1.29, 1.82) is 0 Å². The summed E-state index contributed by atoms with van der Waals surface area (Å²) in [7, 11) is 0. The van der Waals surface area contributed by atoms with E-state index in [4.69, 9.17) is 0 Å². The Bertz CT molecular complexity index is 846. The van der Waals surface area contributed by atoms with E-state index in [1.165, 1.54) is 0 Å². The van der Waals surface area contributed by atoms with Gasteiger partial charge in [-0.05, 0) is 23.8 Å². The Morgan fingerprint density at radius 2 is 1.55 bits per heavy atom. The highest BCUT2D eigenvalue weighted by Gasteiger charge is 2.39. The molecule has 2 aromatic carbocycles. The predicted molar refractivity (Wildman–Crippen MR) is 99.2 cm³/mol. The smallest absolute Gasteiger partial charge is 0.352 e. The molecule has 0 heterocycles. The number of benzene rings is 2. The Balaban J connectivity index is 2.11. The van der Waals surface area contributed by atoms with Crippen molar-refractivity contribution in [3.8, 4) is 0 Å². The van der Waals surface area contributed by atoms with Crippen LogP contribution in [0.5, 0.6) is 0 Å². The number of thioether (sulfide) groups is 1. The minimum absolute atomic E-state index is 0.0396. The third kappa shape index (κ3) is 6.42. The van der Waals surface area contributed by atoms with Crippen molar-refractivity contribution in [3.05, 3.63) is 65.2 Å². The maximum Gasteiger partial charge on any atom is 0.417 e. The lowest BCUT2D eigenvalue weighted by molar-refractivity contribution is -0.144. The molecule has 0 saturated heterocycles. The van der Waals surface area contributed by atoms with Gasteiger partial charge in [-0.2, -0.15) is 26.3 Å². The summed E-state index contributed by atoms with van der Waals surface area (Å²) in [6, 6.07) is 10.6. The highest BCUT2D eigenvalue weighted by molar-refractivity contribution is 7.99. The average Bonchev–Trinajstić information content (AvgIpc) is 2.63. The molecule has 1 amide bonds.